The molecular formula is C8H18IN. The van der Waals surface area contributed by atoms with Gasteiger partial charge in [0, 0.05) is 11.0 Å². The summed E-state index contributed by atoms with van der Waals surface area (Å²) in [7, 11) is 0. The summed E-state index contributed by atoms with van der Waals surface area (Å²) in [5.41, 5.74) is 0.468. The van der Waals surface area contributed by atoms with Crippen molar-refractivity contribution in [3.63, 3.8) is 0 Å². The molecule has 62 valence electrons. The van der Waals surface area contributed by atoms with Gasteiger partial charge in [0.15, 0.2) is 0 Å². The van der Waals surface area contributed by atoms with Crippen molar-refractivity contribution < 1.29 is 0 Å². The quantitative estimate of drug-likeness (QED) is 0.452. The second kappa shape index (κ2) is 5.35. The third kappa shape index (κ3) is 5.47. The lowest BCUT2D eigenvalue weighted by Gasteiger charge is -2.21. The van der Waals surface area contributed by atoms with E-state index in [1.807, 2.05) is 0 Å². The monoisotopic (exact) mass is 255 g/mol. The third-order valence-corrected chi connectivity index (χ3v) is 3.46. The lowest BCUT2D eigenvalue weighted by Crippen LogP contribution is -2.30. The molecule has 0 heterocycles. The Hall–Kier alpha value is 0.690. The van der Waals surface area contributed by atoms with Gasteiger partial charge in [-0.05, 0) is 18.4 Å². The molecule has 1 nitrogen and oxygen atoms in total. The zero-order chi connectivity index (χ0) is 8.04. The number of alkyl halides is 1. The molecule has 10 heavy (non-hydrogen) atoms. The Labute approximate surface area is 78.1 Å². The van der Waals surface area contributed by atoms with E-state index >= 15 is 0 Å². The molecule has 0 unspecified atom stereocenters. The van der Waals surface area contributed by atoms with Crippen LogP contribution in [-0.2, 0) is 0 Å². The molecule has 0 saturated heterocycles. The topological polar surface area (TPSA) is 12.0 Å². The van der Waals surface area contributed by atoms with Crippen molar-refractivity contribution in [2.75, 3.05) is 17.5 Å². The minimum atomic E-state index is 0.468. The zero-order valence-electron chi connectivity index (χ0n) is 7.21. The van der Waals surface area contributed by atoms with Gasteiger partial charge in [0.2, 0.25) is 0 Å². The van der Waals surface area contributed by atoms with Crippen LogP contribution >= 0.6 is 22.6 Å². The Bertz CT molecular complexity index is 81.3. The van der Waals surface area contributed by atoms with Crippen molar-refractivity contribution in [3.8, 4) is 0 Å². The van der Waals surface area contributed by atoms with Gasteiger partial charge in [0.05, 0.1) is 0 Å². The predicted octanol–water partition coefficient (Wildman–Crippen LogP) is 2.45. The molecule has 1 N–H and O–H groups in total. The number of hydrogen-bond acceptors (Lipinski definition) is 1. The molecule has 0 aromatic carbocycles. The van der Waals surface area contributed by atoms with Crippen LogP contribution in [0.25, 0.3) is 0 Å². The summed E-state index contributed by atoms with van der Waals surface area (Å²) in [6, 6.07) is 0. The molecule has 0 aromatic heterocycles. The normalized spacial score (nSPS) is 12.0. The Morgan fingerprint density at radius 1 is 1.40 bits per heavy atom. The summed E-state index contributed by atoms with van der Waals surface area (Å²) in [6.07, 6.45) is 1.23. The number of rotatable bonds is 5. The summed E-state index contributed by atoms with van der Waals surface area (Å²) in [5.74, 6) is 0. The molecule has 0 atom stereocenters. The fraction of sp³-hybridized carbons (Fsp3) is 1.00. The SMILES string of the molecule is CCCNCC(C)(C)CI. The fourth-order valence-corrected chi connectivity index (χ4v) is 0.920. The van der Waals surface area contributed by atoms with Gasteiger partial charge in [-0.1, -0.05) is 43.4 Å². The largest absolute Gasteiger partial charge is 0.316 e. The summed E-state index contributed by atoms with van der Waals surface area (Å²) >= 11 is 2.44. The second-order valence-corrected chi connectivity index (χ2v) is 4.24. The molecule has 0 rings (SSSR count). The lowest BCUT2D eigenvalue weighted by atomic mass is 9.97. The molecule has 2 heteroatoms. The van der Waals surface area contributed by atoms with E-state index < -0.39 is 0 Å². The lowest BCUT2D eigenvalue weighted by molar-refractivity contribution is 0.395. The van der Waals surface area contributed by atoms with Gasteiger partial charge < -0.3 is 5.32 Å². The number of hydrogen-bond donors (Lipinski definition) is 1. The maximum absolute atomic E-state index is 3.42. The van der Waals surface area contributed by atoms with Gasteiger partial charge in [0.1, 0.15) is 0 Å². The number of halogens is 1. The molecule has 0 spiro atoms. The van der Waals surface area contributed by atoms with Crippen LogP contribution in [-0.4, -0.2) is 17.5 Å². The highest BCUT2D eigenvalue weighted by Crippen LogP contribution is 2.16. The minimum absolute atomic E-state index is 0.468. The summed E-state index contributed by atoms with van der Waals surface area (Å²) < 4.78 is 1.22. The van der Waals surface area contributed by atoms with Crippen LogP contribution < -0.4 is 5.32 Å². The first kappa shape index (κ1) is 10.7. The maximum atomic E-state index is 3.42. The molecule has 0 fully saturated rings. The minimum Gasteiger partial charge on any atom is -0.316 e. The highest BCUT2D eigenvalue weighted by atomic mass is 127. The van der Waals surface area contributed by atoms with Crippen molar-refractivity contribution in [1.82, 2.24) is 5.32 Å². The van der Waals surface area contributed by atoms with E-state index in [1.165, 1.54) is 10.8 Å². The van der Waals surface area contributed by atoms with Crippen molar-refractivity contribution in [2.45, 2.75) is 27.2 Å². The number of nitrogens with one attached hydrogen (secondary N) is 1. The Balaban J connectivity index is 3.28. The van der Waals surface area contributed by atoms with Gasteiger partial charge in [-0.25, -0.2) is 0 Å². The van der Waals surface area contributed by atoms with Crippen LogP contribution in [0.1, 0.15) is 27.2 Å². The first-order valence-electron chi connectivity index (χ1n) is 3.89. The van der Waals surface area contributed by atoms with E-state index in [9.17, 15) is 0 Å². The molecule has 0 aliphatic carbocycles. The van der Waals surface area contributed by atoms with E-state index in [1.54, 1.807) is 0 Å². The first-order valence-corrected chi connectivity index (χ1v) is 5.41. The zero-order valence-corrected chi connectivity index (χ0v) is 9.36. The van der Waals surface area contributed by atoms with E-state index in [0.717, 1.165) is 13.1 Å². The third-order valence-electron chi connectivity index (χ3n) is 1.39. The smallest absolute Gasteiger partial charge is 0.00588 e. The van der Waals surface area contributed by atoms with Gasteiger partial charge in [0.25, 0.3) is 0 Å². The fourth-order valence-electron chi connectivity index (χ4n) is 0.651. The average molecular weight is 255 g/mol. The van der Waals surface area contributed by atoms with E-state index in [0.29, 0.717) is 5.41 Å². The first-order chi connectivity index (χ1) is 4.62. The molecule has 0 bridgehead atoms. The Morgan fingerprint density at radius 2 is 2.00 bits per heavy atom. The van der Waals surface area contributed by atoms with Crippen LogP contribution in [0.5, 0.6) is 0 Å². The molecule has 0 saturated carbocycles. The van der Waals surface area contributed by atoms with Gasteiger partial charge >= 0.3 is 0 Å². The summed E-state index contributed by atoms with van der Waals surface area (Å²) in [5, 5.41) is 3.42. The Kier molecular flexibility index (Phi) is 5.72. The molecule has 0 aliphatic heterocycles. The van der Waals surface area contributed by atoms with Crippen LogP contribution in [0.2, 0.25) is 0 Å². The van der Waals surface area contributed by atoms with Gasteiger partial charge in [-0.2, -0.15) is 0 Å². The highest BCUT2D eigenvalue weighted by Gasteiger charge is 2.14. The van der Waals surface area contributed by atoms with Crippen molar-refractivity contribution in [1.29, 1.82) is 0 Å². The van der Waals surface area contributed by atoms with Gasteiger partial charge in [-0.15, -0.1) is 0 Å². The molecule has 0 aliphatic rings. The van der Waals surface area contributed by atoms with Crippen molar-refractivity contribution in [2.24, 2.45) is 5.41 Å². The summed E-state index contributed by atoms with van der Waals surface area (Å²) in [4.78, 5) is 0. The highest BCUT2D eigenvalue weighted by molar-refractivity contribution is 14.1. The van der Waals surface area contributed by atoms with E-state index in [-0.39, 0.29) is 0 Å². The molecule has 0 radical (unpaired) electrons. The average Bonchev–Trinajstić information content (AvgIpc) is 1.89. The van der Waals surface area contributed by atoms with Crippen molar-refractivity contribution >= 4 is 22.6 Å². The second-order valence-electron chi connectivity index (χ2n) is 3.47. The van der Waals surface area contributed by atoms with E-state index in [4.69, 9.17) is 0 Å². The van der Waals surface area contributed by atoms with Crippen LogP contribution in [0.15, 0.2) is 0 Å². The van der Waals surface area contributed by atoms with Crippen molar-refractivity contribution in [3.05, 3.63) is 0 Å². The molecule has 0 amide bonds. The van der Waals surface area contributed by atoms with E-state index in [2.05, 4.69) is 48.7 Å². The molecular weight excluding hydrogens is 237 g/mol. The predicted molar refractivity (Wildman–Crippen MR) is 55.8 cm³/mol. The van der Waals surface area contributed by atoms with Crippen LogP contribution in [0, 0.1) is 5.41 Å². The summed E-state index contributed by atoms with van der Waals surface area (Å²) in [6.45, 7) is 9.08. The Morgan fingerprint density at radius 3 is 2.40 bits per heavy atom. The van der Waals surface area contributed by atoms with Crippen LogP contribution in [0.3, 0.4) is 0 Å². The molecule has 0 aromatic rings. The maximum Gasteiger partial charge on any atom is 0.00588 e. The van der Waals surface area contributed by atoms with Gasteiger partial charge in [-0.3, -0.25) is 0 Å². The standard InChI is InChI=1S/C8H18IN/c1-4-5-10-7-8(2,3)6-9/h10H,4-7H2,1-3H3. The van der Waals surface area contributed by atoms with Crippen LogP contribution in [0.4, 0.5) is 0 Å².